The second-order valence-corrected chi connectivity index (χ2v) is 12.1. The molecule has 3 fully saturated rings. The minimum absolute atomic E-state index is 0.0119. The molecular formula is C30H33F3N6O3. The number of amides is 2. The average Bonchev–Trinajstić information content (AvgIpc) is 3.85. The van der Waals surface area contributed by atoms with E-state index in [9.17, 15) is 23.6 Å². The number of hydrogen-bond acceptors (Lipinski definition) is 5. The topological polar surface area (TPSA) is 116 Å². The molecule has 0 aromatic carbocycles. The molecule has 9 nitrogen and oxygen atoms in total. The number of carbonyl (C=O) groups excluding carboxylic acids is 2. The van der Waals surface area contributed by atoms with E-state index >= 15 is 4.39 Å². The van der Waals surface area contributed by atoms with E-state index in [1.165, 1.54) is 35.3 Å². The molecule has 0 saturated heterocycles. The van der Waals surface area contributed by atoms with Crippen molar-refractivity contribution in [2.45, 2.75) is 70.9 Å². The molecule has 0 spiro atoms. The standard InChI is InChI=1S/C30H33F3N6O3/c1-16-11-22(17(2)39(42)14-16)21-7-8-24(35-27(21)31)36-29(41)26(25(19-3-4-19)20-5-6-20)37-28(40)23-9-10-34-38(23)15-18-12-30(32,33)13-18/h7-11,14,18-20,25-26H,3-6,12-13,15H2,1-2H3,(H,37,40)(H,35,36,41)/t26-/m0/s1. The average molecular weight is 583 g/mol. The molecule has 2 amide bonds. The van der Waals surface area contributed by atoms with E-state index in [2.05, 4.69) is 20.7 Å². The lowest BCUT2D eigenvalue weighted by Crippen LogP contribution is -2.50. The van der Waals surface area contributed by atoms with E-state index in [4.69, 9.17) is 0 Å². The van der Waals surface area contributed by atoms with Gasteiger partial charge in [-0.2, -0.15) is 14.2 Å². The van der Waals surface area contributed by atoms with Gasteiger partial charge in [-0.15, -0.1) is 0 Å². The summed E-state index contributed by atoms with van der Waals surface area (Å²) < 4.78 is 44.0. The minimum Gasteiger partial charge on any atom is -0.618 e. The second-order valence-electron chi connectivity index (χ2n) is 12.1. The highest BCUT2D eigenvalue weighted by Gasteiger charge is 2.49. The summed E-state index contributed by atoms with van der Waals surface area (Å²) in [7, 11) is 0. The van der Waals surface area contributed by atoms with Gasteiger partial charge in [0, 0.05) is 43.6 Å². The normalized spacial score (nSPS) is 18.9. The highest BCUT2D eigenvalue weighted by Crippen LogP contribution is 2.51. The Bertz CT molecular complexity index is 1510. The van der Waals surface area contributed by atoms with Crippen molar-refractivity contribution in [3.63, 3.8) is 0 Å². The van der Waals surface area contributed by atoms with Crippen molar-refractivity contribution in [2.24, 2.45) is 23.7 Å². The second kappa shape index (κ2) is 10.7. The van der Waals surface area contributed by atoms with Gasteiger partial charge in [-0.05, 0) is 80.5 Å². The molecule has 3 aromatic rings. The molecule has 0 unspecified atom stereocenters. The van der Waals surface area contributed by atoms with Crippen LogP contribution in [0, 0.1) is 48.7 Å². The van der Waals surface area contributed by atoms with Crippen LogP contribution >= 0.6 is 0 Å². The minimum atomic E-state index is -2.67. The summed E-state index contributed by atoms with van der Waals surface area (Å²) in [5.74, 6) is -4.30. The van der Waals surface area contributed by atoms with Gasteiger partial charge in [0.15, 0.2) is 11.9 Å². The zero-order valence-electron chi connectivity index (χ0n) is 23.4. The van der Waals surface area contributed by atoms with Crippen LogP contribution < -0.4 is 15.4 Å². The number of carbonyl (C=O) groups is 2. The lowest BCUT2D eigenvalue weighted by molar-refractivity contribution is -0.612. The third-order valence-electron chi connectivity index (χ3n) is 8.65. The lowest BCUT2D eigenvalue weighted by atomic mass is 9.81. The zero-order valence-corrected chi connectivity index (χ0v) is 23.4. The summed E-state index contributed by atoms with van der Waals surface area (Å²) in [5, 5.41) is 21.9. The molecular weight excluding hydrogens is 549 g/mol. The van der Waals surface area contributed by atoms with E-state index in [-0.39, 0.29) is 48.3 Å². The zero-order chi connectivity index (χ0) is 29.8. The third kappa shape index (κ3) is 5.84. The third-order valence-corrected chi connectivity index (χ3v) is 8.65. The summed E-state index contributed by atoms with van der Waals surface area (Å²) >= 11 is 0. The smallest absolute Gasteiger partial charge is 0.270 e. The van der Waals surface area contributed by atoms with Gasteiger partial charge in [0.05, 0.1) is 5.56 Å². The molecule has 0 radical (unpaired) electrons. The van der Waals surface area contributed by atoms with Crippen molar-refractivity contribution in [3.8, 4) is 11.1 Å². The molecule has 0 bridgehead atoms. The van der Waals surface area contributed by atoms with Crippen LogP contribution in [0.4, 0.5) is 19.0 Å². The van der Waals surface area contributed by atoms with Gasteiger partial charge < -0.3 is 15.8 Å². The SMILES string of the molecule is Cc1cc(-c2ccc(NC(=O)[C@@H](NC(=O)c3ccnn3CC3CC(F)(F)C3)C(C3CC3)C3CC3)nc2F)c(C)[n+]([O-])c1. The fraction of sp³-hybridized carbons (Fsp3) is 0.500. The summed E-state index contributed by atoms with van der Waals surface area (Å²) in [6.45, 7) is 3.52. The Balaban J connectivity index is 1.21. The summed E-state index contributed by atoms with van der Waals surface area (Å²) in [6.07, 6.45) is 6.22. The maximum Gasteiger partial charge on any atom is 0.270 e. The van der Waals surface area contributed by atoms with Gasteiger partial charge in [-0.3, -0.25) is 14.3 Å². The van der Waals surface area contributed by atoms with E-state index in [0.717, 1.165) is 25.7 Å². The molecule has 3 aromatic heterocycles. The molecule has 1 atom stereocenters. The number of rotatable bonds is 10. The van der Waals surface area contributed by atoms with Crippen LogP contribution in [0.25, 0.3) is 11.1 Å². The lowest BCUT2D eigenvalue weighted by Gasteiger charge is -2.35. The maximum absolute atomic E-state index is 15.2. The van der Waals surface area contributed by atoms with Gasteiger partial charge in [-0.25, -0.2) is 13.8 Å². The number of anilines is 1. The van der Waals surface area contributed by atoms with Crippen LogP contribution in [0.1, 0.15) is 60.3 Å². The Hall–Kier alpha value is -3.96. The maximum atomic E-state index is 15.2. The number of halogens is 3. The largest absolute Gasteiger partial charge is 0.618 e. The van der Waals surface area contributed by atoms with E-state index in [1.54, 1.807) is 19.9 Å². The molecule has 42 heavy (non-hydrogen) atoms. The van der Waals surface area contributed by atoms with Crippen molar-refractivity contribution in [1.29, 1.82) is 0 Å². The fourth-order valence-electron chi connectivity index (χ4n) is 6.22. The van der Waals surface area contributed by atoms with Gasteiger partial charge in [0.25, 0.3) is 5.91 Å². The highest BCUT2D eigenvalue weighted by atomic mass is 19.3. The first kappa shape index (κ1) is 28.2. The van der Waals surface area contributed by atoms with Crippen LogP contribution in [0.2, 0.25) is 0 Å². The number of aromatic nitrogens is 4. The van der Waals surface area contributed by atoms with Gasteiger partial charge in [-0.1, -0.05) is 0 Å². The quantitative estimate of drug-likeness (QED) is 0.207. The first-order valence-electron chi connectivity index (χ1n) is 14.4. The summed E-state index contributed by atoms with van der Waals surface area (Å²) in [5.41, 5.74) is 1.73. The first-order chi connectivity index (χ1) is 20.0. The Kier molecular flexibility index (Phi) is 7.18. The fourth-order valence-corrected chi connectivity index (χ4v) is 6.22. The molecule has 2 N–H and O–H groups in total. The number of nitrogens with one attached hydrogen (secondary N) is 2. The van der Waals surface area contributed by atoms with Crippen molar-refractivity contribution in [3.05, 3.63) is 64.8 Å². The number of nitrogens with zero attached hydrogens (tertiary/aromatic N) is 4. The summed E-state index contributed by atoms with van der Waals surface area (Å²) in [4.78, 5) is 31.1. The first-order valence-corrected chi connectivity index (χ1v) is 14.4. The molecule has 3 saturated carbocycles. The Labute approximate surface area is 241 Å². The van der Waals surface area contributed by atoms with Crippen molar-refractivity contribution in [2.75, 3.05) is 5.32 Å². The van der Waals surface area contributed by atoms with E-state index in [0.29, 0.717) is 33.4 Å². The van der Waals surface area contributed by atoms with E-state index in [1.807, 2.05) is 0 Å². The Morgan fingerprint density at radius 3 is 2.43 bits per heavy atom. The predicted molar refractivity (Wildman–Crippen MR) is 147 cm³/mol. The van der Waals surface area contributed by atoms with Crippen LogP contribution in [0.3, 0.4) is 0 Å². The van der Waals surface area contributed by atoms with Gasteiger partial charge >= 0.3 is 0 Å². The molecule has 6 rings (SSSR count). The number of aryl methyl sites for hydroxylation is 1. The van der Waals surface area contributed by atoms with E-state index < -0.39 is 29.7 Å². The highest BCUT2D eigenvalue weighted by molar-refractivity contribution is 6.00. The number of alkyl halides is 2. The molecule has 3 aliphatic carbocycles. The van der Waals surface area contributed by atoms with Crippen molar-refractivity contribution < 1.29 is 27.5 Å². The molecule has 12 heteroatoms. The van der Waals surface area contributed by atoms with Gasteiger partial charge in [0.2, 0.25) is 17.8 Å². The van der Waals surface area contributed by atoms with Crippen LogP contribution in [0.15, 0.2) is 36.7 Å². The number of hydrogen-bond donors (Lipinski definition) is 2. The monoisotopic (exact) mass is 582 g/mol. The predicted octanol–water partition coefficient (Wildman–Crippen LogP) is 4.55. The van der Waals surface area contributed by atoms with Crippen molar-refractivity contribution >= 4 is 17.6 Å². The van der Waals surface area contributed by atoms with Crippen LogP contribution in [0.5, 0.6) is 0 Å². The molecule has 0 aliphatic heterocycles. The summed E-state index contributed by atoms with van der Waals surface area (Å²) in [6, 6.07) is 5.26. The van der Waals surface area contributed by atoms with Gasteiger partial charge in [0.1, 0.15) is 17.6 Å². The molecule has 222 valence electrons. The number of pyridine rings is 2. The van der Waals surface area contributed by atoms with Crippen LogP contribution in [-0.2, 0) is 11.3 Å². The van der Waals surface area contributed by atoms with Crippen LogP contribution in [-0.4, -0.2) is 38.5 Å². The Morgan fingerprint density at radius 2 is 1.81 bits per heavy atom. The van der Waals surface area contributed by atoms with Crippen molar-refractivity contribution in [1.82, 2.24) is 20.1 Å². The molecule has 3 aliphatic rings. The molecule has 3 heterocycles. The Morgan fingerprint density at radius 1 is 1.12 bits per heavy atom.